The first-order chi connectivity index (χ1) is 20.7. The monoisotopic (exact) mass is 586 g/mol. The quantitative estimate of drug-likeness (QED) is 0.315. The van der Waals surface area contributed by atoms with E-state index in [9.17, 15) is 14.4 Å². The minimum atomic E-state index is -1.18. The first kappa shape index (κ1) is 30.4. The average molecular weight is 587 g/mol. The van der Waals surface area contributed by atoms with Gasteiger partial charge in [0, 0.05) is 19.3 Å². The van der Waals surface area contributed by atoms with E-state index in [0.717, 1.165) is 24.2 Å². The van der Waals surface area contributed by atoms with Crippen LogP contribution in [0.5, 0.6) is 0 Å². The second kappa shape index (κ2) is 13.5. The molecule has 1 saturated carbocycles. The van der Waals surface area contributed by atoms with Crippen LogP contribution in [0.1, 0.15) is 56.7 Å². The molecule has 1 aromatic heterocycles. The van der Waals surface area contributed by atoms with E-state index in [0.29, 0.717) is 11.8 Å². The third-order valence-electron chi connectivity index (χ3n) is 8.34. The number of ether oxygens (including phenoxy) is 1. The SMILES string of the molecule is CC(C)(N)C(=O)N[C@H](COCc1ccccc1)C(=O)Nc1cn(C(C(=O)N2CC3CCC(CC3)C2)c2ccccc2)cn1. The van der Waals surface area contributed by atoms with Crippen molar-refractivity contribution in [3.05, 3.63) is 84.3 Å². The summed E-state index contributed by atoms with van der Waals surface area (Å²) in [4.78, 5) is 46.6. The van der Waals surface area contributed by atoms with Gasteiger partial charge in [0.05, 0.1) is 25.1 Å². The van der Waals surface area contributed by atoms with Crippen molar-refractivity contribution in [1.29, 1.82) is 0 Å². The summed E-state index contributed by atoms with van der Waals surface area (Å²) in [6, 6.07) is 17.6. The molecule has 3 aromatic rings. The summed E-state index contributed by atoms with van der Waals surface area (Å²) in [6.07, 6.45) is 7.95. The normalized spacial score (nSPS) is 19.7. The molecular formula is C33H42N6O4. The second-order valence-corrected chi connectivity index (χ2v) is 12.4. The highest BCUT2D eigenvalue weighted by Crippen LogP contribution is 2.35. The third-order valence-corrected chi connectivity index (χ3v) is 8.34. The lowest BCUT2D eigenvalue weighted by Crippen LogP contribution is -2.56. The Morgan fingerprint density at radius 3 is 2.19 bits per heavy atom. The predicted octanol–water partition coefficient (Wildman–Crippen LogP) is 3.50. The Morgan fingerprint density at radius 1 is 0.977 bits per heavy atom. The van der Waals surface area contributed by atoms with E-state index in [1.54, 1.807) is 30.9 Å². The molecule has 3 heterocycles. The molecule has 3 amide bonds. The molecule has 3 aliphatic rings. The molecule has 10 heteroatoms. The Labute approximate surface area is 253 Å². The van der Waals surface area contributed by atoms with E-state index in [-0.39, 0.29) is 24.9 Å². The number of rotatable bonds is 11. The van der Waals surface area contributed by atoms with Crippen LogP contribution in [-0.2, 0) is 25.7 Å². The number of nitrogens with zero attached hydrogens (tertiary/aromatic N) is 3. The Hall–Kier alpha value is -4.02. The summed E-state index contributed by atoms with van der Waals surface area (Å²) >= 11 is 0. The van der Waals surface area contributed by atoms with Crippen LogP contribution in [0.15, 0.2) is 73.2 Å². The van der Waals surface area contributed by atoms with Gasteiger partial charge in [-0.3, -0.25) is 14.4 Å². The summed E-state index contributed by atoms with van der Waals surface area (Å²) in [6.45, 7) is 4.91. The van der Waals surface area contributed by atoms with Gasteiger partial charge in [-0.15, -0.1) is 0 Å². The van der Waals surface area contributed by atoms with Gasteiger partial charge in [0.15, 0.2) is 5.82 Å². The van der Waals surface area contributed by atoms with Gasteiger partial charge in [-0.2, -0.15) is 0 Å². The van der Waals surface area contributed by atoms with E-state index in [4.69, 9.17) is 10.5 Å². The van der Waals surface area contributed by atoms with Gasteiger partial charge in [0.1, 0.15) is 12.1 Å². The molecular weight excluding hydrogens is 544 g/mol. The molecule has 6 rings (SSSR count). The maximum atomic E-state index is 14.1. The number of nitrogens with one attached hydrogen (secondary N) is 2. The van der Waals surface area contributed by atoms with Crippen molar-refractivity contribution in [1.82, 2.24) is 19.8 Å². The molecule has 4 N–H and O–H groups in total. The lowest BCUT2D eigenvalue weighted by Gasteiger charge is -2.28. The van der Waals surface area contributed by atoms with E-state index in [1.807, 2.05) is 65.6 Å². The number of anilines is 1. The minimum Gasteiger partial charge on any atom is -0.374 e. The molecule has 0 radical (unpaired) electrons. The second-order valence-electron chi connectivity index (χ2n) is 12.4. The first-order valence-electron chi connectivity index (χ1n) is 15.1. The average Bonchev–Trinajstić information content (AvgIpc) is 3.22. The lowest BCUT2D eigenvalue weighted by molar-refractivity contribution is -0.134. The summed E-state index contributed by atoms with van der Waals surface area (Å²) in [5, 5.41) is 5.50. The predicted molar refractivity (Wildman–Crippen MR) is 164 cm³/mol. The molecule has 2 aliphatic heterocycles. The van der Waals surface area contributed by atoms with Crippen LogP contribution in [0, 0.1) is 11.8 Å². The number of fused-ring (bicyclic) bond motifs is 4. The number of carbonyl (C=O) groups excluding carboxylic acids is 3. The van der Waals surface area contributed by atoms with Gasteiger partial charge in [0.25, 0.3) is 5.91 Å². The summed E-state index contributed by atoms with van der Waals surface area (Å²) in [7, 11) is 0. The molecule has 2 saturated heterocycles. The van der Waals surface area contributed by atoms with Crippen molar-refractivity contribution < 1.29 is 19.1 Å². The Kier molecular flexibility index (Phi) is 9.57. The zero-order chi connectivity index (χ0) is 30.4. The van der Waals surface area contributed by atoms with E-state index in [1.165, 1.54) is 25.7 Å². The molecule has 0 spiro atoms. The van der Waals surface area contributed by atoms with Crippen molar-refractivity contribution in [3.63, 3.8) is 0 Å². The van der Waals surface area contributed by atoms with Gasteiger partial charge in [-0.05, 0) is 62.5 Å². The van der Waals surface area contributed by atoms with Crippen molar-refractivity contribution >= 4 is 23.5 Å². The summed E-state index contributed by atoms with van der Waals surface area (Å²) in [5.74, 6) is 0.414. The van der Waals surface area contributed by atoms with Gasteiger partial charge in [-0.1, -0.05) is 60.7 Å². The Morgan fingerprint density at radius 2 is 1.58 bits per heavy atom. The standard InChI is InChI=1S/C33H42N6O4/c1-33(2,34)32(42)36-27(21-43-20-25-9-5-3-6-10-25)30(40)37-28-19-39(22-35-28)29(26-11-7-4-8-12-26)31(41)38-17-23-13-14-24(18-38)16-15-23/h3-12,19,22-24,27,29H,13-18,20-21,34H2,1-2H3,(H,36,42)(H,37,40)/t23?,24?,27-,29?/m1/s1. The van der Waals surface area contributed by atoms with Crippen LogP contribution >= 0.6 is 0 Å². The molecule has 2 bridgehead atoms. The van der Waals surface area contributed by atoms with Crippen LogP contribution < -0.4 is 16.4 Å². The molecule has 43 heavy (non-hydrogen) atoms. The van der Waals surface area contributed by atoms with Crippen molar-refractivity contribution in [2.24, 2.45) is 17.6 Å². The molecule has 1 aliphatic carbocycles. The summed E-state index contributed by atoms with van der Waals surface area (Å²) < 4.78 is 7.55. The first-order valence-corrected chi connectivity index (χ1v) is 15.1. The highest BCUT2D eigenvalue weighted by Gasteiger charge is 2.36. The zero-order valence-corrected chi connectivity index (χ0v) is 24.9. The van der Waals surface area contributed by atoms with Crippen LogP contribution in [0.25, 0.3) is 0 Å². The maximum absolute atomic E-state index is 14.1. The Balaban J connectivity index is 1.32. The van der Waals surface area contributed by atoms with Crippen molar-refractivity contribution in [2.45, 2.75) is 63.8 Å². The van der Waals surface area contributed by atoms with Crippen molar-refractivity contribution in [3.8, 4) is 0 Å². The minimum absolute atomic E-state index is 0.0323. The summed E-state index contributed by atoms with van der Waals surface area (Å²) in [5.41, 5.74) is 6.59. The van der Waals surface area contributed by atoms with Gasteiger partial charge >= 0.3 is 0 Å². The van der Waals surface area contributed by atoms with E-state index >= 15 is 0 Å². The number of hydrogen-bond acceptors (Lipinski definition) is 6. The number of imidazole rings is 1. The molecule has 228 valence electrons. The largest absolute Gasteiger partial charge is 0.374 e. The fraction of sp³-hybridized carbons (Fsp3) is 0.455. The van der Waals surface area contributed by atoms with Crippen LogP contribution in [0.4, 0.5) is 5.82 Å². The van der Waals surface area contributed by atoms with Gasteiger partial charge in [0.2, 0.25) is 11.8 Å². The maximum Gasteiger partial charge on any atom is 0.250 e. The topological polar surface area (TPSA) is 132 Å². The highest BCUT2D eigenvalue weighted by atomic mass is 16.5. The Bertz CT molecular complexity index is 1370. The van der Waals surface area contributed by atoms with E-state index in [2.05, 4.69) is 15.6 Å². The number of benzene rings is 2. The fourth-order valence-electron chi connectivity index (χ4n) is 5.88. The molecule has 3 fully saturated rings. The van der Waals surface area contributed by atoms with Gasteiger partial charge < -0.3 is 30.6 Å². The molecule has 2 aromatic carbocycles. The fourth-order valence-corrected chi connectivity index (χ4v) is 5.88. The molecule has 10 nitrogen and oxygen atoms in total. The smallest absolute Gasteiger partial charge is 0.250 e. The number of hydrogen-bond donors (Lipinski definition) is 3. The number of aromatic nitrogens is 2. The molecule has 2 atom stereocenters. The van der Waals surface area contributed by atoms with Crippen LogP contribution in [0.3, 0.4) is 0 Å². The molecule has 1 unspecified atom stereocenters. The van der Waals surface area contributed by atoms with Crippen molar-refractivity contribution in [2.75, 3.05) is 25.0 Å². The number of amides is 3. The van der Waals surface area contributed by atoms with Gasteiger partial charge in [-0.25, -0.2) is 4.98 Å². The van der Waals surface area contributed by atoms with E-state index < -0.39 is 29.4 Å². The number of carbonyl (C=O) groups is 3. The third kappa shape index (κ3) is 7.88. The van der Waals surface area contributed by atoms with Crippen LogP contribution in [-0.4, -0.2) is 63.4 Å². The number of nitrogens with two attached hydrogens (primary N) is 1. The highest BCUT2D eigenvalue weighted by molar-refractivity contribution is 5.98. The zero-order valence-electron chi connectivity index (χ0n) is 24.9. The lowest BCUT2D eigenvalue weighted by atomic mass is 9.84. The van der Waals surface area contributed by atoms with Crippen LogP contribution in [0.2, 0.25) is 0 Å².